The molecule has 0 radical (unpaired) electrons. The lowest BCUT2D eigenvalue weighted by molar-refractivity contribution is -0.133. The summed E-state index contributed by atoms with van der Waals surface area (Å²) in [7, 11) is 0.192. The van der Waals surface area contributed by atoms with Crippen molar-refractivity contribution in [1.82, 2.24) is 9.88 Å². The van der Waals surface area contributed by atoms with E-state index < -0.39 is 45.0 Å². The minimum Gasteiger partial charge on any atom is -0.493 e. The lowest BCUT2D eigenvalue weighted by Gasteiger charge is -2.32. The predicted octanol–water partition coefficient (Wildman–Crippen LogP) is 5.85. The molecule has 254 valence electrons. The molecular formula is C34H38FN5O7S. The van der Waals surface area contributed by atoms with E-state index in [0.29, 0.717) is 41.0 Å². The maximum Gasteiger partial charge on any atom is 0.411 e. The van der Waals surface area contributed by atoms with E-state index in [4.69, 9.17) is 19.9 Å². The topological polar surface area (TPSA) is 162 Å². The standard InChI is InChI=1S/C34H38FN5O7S/c1-19(2)48(43,44)30-11-9-22(39-34(42)47-5)16-25(30)27-7-6-14-40(27)33(41)31(24-17-28(45-3)29(46-4)18-26(24)35)38-21-8-10-23-20(15-21)12-13-37-32(23)36/h8-13,15-19,27,31,38H,6-7,14H2,1-5H3,(H2,36,37)(H,39,42)/t27-,31+/m1/s1. The molecule has 1 saturated heterocycles. The van der Waals surface area contributed by atoms with Gasteiger partial charge in [-0.3, -0.25) is 10.1 Å². The molecule has 2 amide bonds. The van der Waals surface area contributed by atoms with Crippen LogP contribution in [0.3, 0.4) is 0 Å². The Morgan fingerprint density at radius 3 is 2.40 bits per heavy atom. The third-order valence-corrected chi connectivity index (χ3v) is 10.7. The SMILES string of the molecule is COC(=O)Nc1ccc(S(=O)(=O)C(C)C)c([C@H]2CCCN2C(=O)[C@@H](Nc2ccc3c(N)nccc3c2)c2cc(OC)c(OC)cc2F)c1. The van der Waals surface area contributed by atoms with Crippen molar-refractivity contribution in [2.24, 2.45) is 0 Å². The molecule has 2 heterocycles. The number of hydrogen-bond acceptors (Lipinski definition) is 10. The third kappa shape index (κ3) is 6.65. The van der Waals surface area contributed by atoms with Gasteiger partial charge in [0.2, 0.25) is 5.91 Å². The van der Waals surface area contributed by atoms with Gasteiger partial charge in [0.05, 0.1) is 37.5 Å². The maximum atomic E-state index is 15.9. The molecule has 14 heteroatoms. The Morgan fingerprint density at radius 1 is 1.00 bits per heavy atom. The van der Waals surface area contributed by atoms with E-state index in [0.717, 1.165) is 11.5 Å². The number of amides is 2. The summed E-state index contributed by atoms with van der Waals surface area (Å²) in [6.45, 7) is 3.42. The van der Waals surface area contributed by atoms with Crippen LogP contribution < -0.4 is 25.8 Å². The van der Waals surface area contributed by atoms with Gasteiger partial charge in [0.1, 0.15) is 17.7 Å². The summed E-state index contributed by atoms with van der Waals surface area (Å²) < 4.78 is 58.5. The third-order valence-electron chi connectivity index (χ3n) is 8.43. The van der Waals surface area contributed by atoms with Gasteiger partial charge in [0.25, 0.3) is 0 Å². The fourth-order valence-corrected chi connectivity index (χ4v) is 7.20. The number of nitrogens with one attached hydrogen (secondary N) is 2. The van der Waals surface area contributed by atoms with Gasteiger partial charge in [-0.05, 0) is 86.2 Å². The number of hydrogen-bond donors (Lipinski definition) is 3. The number of halogens is 1. The first-order valence-electron chi connectivity index (χ1n) is 15.2. The second-order valence-electron chi connectivity index (χ2n) is 11.6. The van der Waals surface area contributed by atoms with Gasteiger partial charge in [0, 0.05) is 41.1 Å². The number of anilines is 3. The van der Waals surface area contributed by atoms with Crippen LogP contribution in [-0.2, 0) is 19.4 Å². The average molecular weight is 680 g/mol. The number of nitrogen functional groups attached to an aromatic ring is 1. The molecule has 0 aliphatic carbocycles. The highest BCUT2D eigenvalue weighted by Crippen LogP contribution is 2.41. The van der Waals surface area contributed by atoms with Gasteiger partial charge in [-0.1, -0.05) is 0 Å². The van der Waals surface area contributed by atoms with Crippen molar-refractivity contribution in [3.8, 4) is 11.5 Å². The zero-order chi connectivity index (χ0) is 34.7. The van der Waals surface area contributed by atoms with E-state index in [1.54, 1.807) is 55.3 Å². The fraction of sp³-hybridized carbons (Fsp3) is 0.324. The van der Waals surface area contributed by atoms with Crippen molar-refractivity contribution in [2.75, 3.05) is 44.2 Å². The average Bonchev–Trinajstić information content (AvgIpc) is 3.57. The lowest BCUT2D eigenvalue weighted by atomic mass is 10.00. The Kier molecular flexibility index (Phi) is 9.94. The monoisotopic (exact) mass is 679 g/mol. The molecular weight excluding hydrogens is 641 g/mol. The summed E-state index contributed by atoms with van der Waals surface area (Å²) in [6, 6.07) is 12.1. The smallest absolute Gasteiger partial charge is 0.411 e. The highest BCUT2D eigenvalue weighted by molar-refractivity contribution is 7.92. The normalized spacial score (nSPS) is 15.3. The molecule has 1 aliphatic rings. The molecule has 1 fully saturated rings. The van der Waals surface area contributed by atoms with Crippen LogP contribution >= 0.6 is 0 Å². The van der Waals surface area contributed by atoms with Crippen LogP contribution in [-0.4, -0.2) is 63.4 Å². The number of benzene rings is 3. The molecule has 5 rings (SSSR count). The molecule has 0 spiro atoms. The van der Waals surface area contributed by atoms with Crippen molar-refractivity contribution < 1.29 is 36.6 Å². The molecule has 0 saturated carbocycles. The van der Waals surface area contributed by atoms with Crippen molar-refractivity contribution >= 4 is 49.8 Å². The number of sulfone groups is 1. The molecule has 48 heavy (non-hydrogen) atoms. The first-order valence-corrected chi connectivity index (χ1v) is 16.8. The molecule has 4 N–H and O–H groups in total. The van der Waals surface area contributed by atoms with Crippen LogP contribution in [0, 0.1) is 5.82 Å². The highest BCUT2D eigenvalue weighted by Gasteiger charge is 2.39. The number of nitrogens with zero attached hydrogens (tertiary/aromatic N) is 2. The largest absolute Gasteiger partial charge is 0.493 e. The van der Waals surface area contributed by atoms with Crippen LogP contribution in [0.4, 0.5) is 26.4 Å². The lowest BCUT2D eigenvalue weighted by Crippen LogP contribution is -2.38. The number of aromatic nitrogens is 1. The first kappa shape index (κ1) is 34.2. The summed E-state index contributed by atoms with van der Waals surface area (Å²) in [5.41, 5.74) is 7.18. The van der Waals surface area contributed by atoms with Gasteiger partial charge in [-0.2, -0.15) is 0 Å². The number of carbonyl (C=O) groups is 2. The number of rotatable bonds is 10. The van der Waals surface area contributed by atoms with Crippen molar-refractivity contribution in [2.45, 2.75) is 48.9 Å². The van der Waals surface area contributed by atoms with Crippen LogP contribution in [0.1, 0.15) is 49.9 Å². The van der Waals surface area contributed by atoms with Gasteiger partial charge >= 0.3 is 6.09 Å². The van der Waals surface area contributed by atoms with Gasteiger partial charge in [-0.25, -0.2) is 22.6 Å². The molecule has 1 aromatic heterocycles. The van der Waals surface area contributed by atoms with Gasteiger partial charge in [-0.15, -0.1) is 0 Å². The molecule has 0 unspecified atom stereocenters. The Hall–Kier alpha value is -5.11. The first-order chi connectivity index (χ1) is 22.9. The fourth-order valence-electron chi connectivity index (χ4n) is 5.91. The number of carbonyl (C=O) groups excluding carboxylic acids is 2. The van der Waals surface area contributed by atoms with E-state index >= 15 is 4.39 Å². The van der Waals surface area contributed by atoms with Crippen LogP contribution in [0.5, 0.6) is 11.5 Å². The zero-order valence-corrected chi connectivity index (χ0v) is 28.1. The number of likely N-dealkylation sites (tertiary alicyclic amines) is 1. The Labute approximate surface area is 278 Å². The Balaban J connectivity index is 1.63. The van der Waals surface area contributed by atoms with Crippen LogP contribution in [0.25, 0.3) is 10.8 Å². The van der Waals surface area contributed by atoms with Crippen LogP contribution in [0.2, 0.25) is 0 Å². The maximum absolute atomic E-state index is 15.9. The number of pyridine rings is 1. The Bertz CT molecular complexity index is 1970. The molecule has 1 aliphatic heterocycles. The summed E-state index contributed by atoms with van der Waals surface area (Å²) >= 11 is 0. The second-order valence-corrected chi connectivity index (χ2v) is 14.1. The van der Waals surface area contributed by atoms with E-state index in [1.807, 2.05) is 0 Å². The van der Waals surface area contributed by atoms with Crippen molar-refractivity contribution in [3.05, 3.63) is 77.7 Å². The minimum absolute atomic E-state index is 0.00577. The molecule has 12 nitrogen and oxygen atoms in total. The number of nitrogens with two attached hydrogens (primary N) is 1. The van der Waals surface area contributed by atoms with Crippen molar-refractivity contribution in [1.29, 1.82) is 0 Å². The quantitative estimate of drug-likeness (QED) is 0.185. The number of methoxy groups -OCH3 is 3. The molecule has 3 aromatic carbocycles. The molecule has 0 bridgehead atoms. The van der Waals surface area contributed by atoms with Crippen molar-refractivity contribution in [3.63, 3.8) is 0 Å². The highest BCUT2D eigenvalue weighted by atomic mass is 32.2. The van der Waals surface area contributed by atoms with E-state index in [-0.39, 0.29) is 28.5 Å². The number of fused-ring (bicyclic) bond motifs is 1. The van der Waals surface area contributed by atoms with E-state index in [9.17, 15) is 18.0 Å². The van der Waals surface area contributed by atoms with E-state index in [2.05, 4.69) is 15.6 Å². The Morgan fingerprint density at radius 2 is 1.71 bits per heavy atom. The molecule has 2 atom stereocenters. The summed E-state index contributed by atoms with van der Waals surface area (Å²) in [4.78, 5) is 32.5. The second kappa shape index (κ2) is 13.9. The van der Waals surface area contributed by atoms with Gasteiger partial charge in [0.15, 0.2) is 21.3 Å². The summed E-state index contributed by atoms with van der Waals surface area (Å²) in [6.07, 6.45) is 1.81. The van der Waals surface area contributed by atoms with Crippen LogP contribution in [0.15, 0.2) is 65.7 Å². The summed E-state index contributed by atoms with van der Waals surface area (Å²) in [5.74, 6) is -0.506. The predicted molar refractivity (Wildman–Crippen MR) is 181 cm³/mol. The number of ether oxygens (including phenoxy) is 3. The molecule has 4 aromatic rings. The zero-order valence-electron chi connectivity index (χ0n) is 27.2. The van der Waals surface area contributed by atoms with Gasteiger partial charge < -0.3 is 30.2 Å². The van der Waals surface area contributed by atoms with E-state index in [1.165, 1.54) is 39.5 Å². The minimum atomic E-state index is -3.82. The summed E-state index contributed by atoms with van der Waals surface area (Å²) in [5, 5.41) is 6.50.